The molecule has 0 saturated heterocycles. The largest absolute Gasteiger partial charge is 0.491 e. The summed E-state index contributed by atoms with van der Waals surface area (Å²) in [5.74, 6) is 1.76. The molecule has 0 amide bonds. The number of aryl methyl sites for hydroxylation is 4. The van der Waals surface area contributed by atoms with E-state index in [-0.39, 0.29) is 12.2 Å². The fourth-order valence-corrected chi connectivity index (χ4v) is 8.75. The summed E-state index contributed by atoms with van der Waals surface area (Å²) in [5, 5.41) is 7.88. The molecule has 0 N–H and O–H groups in total. The van der Waals surface area contributed by atoms with Crippen LogP contribution in [0.25, 0.3) is 32.3 Å². The molecular formula is C56H60N2O2. The average molecular weight is 793 g/mol. The molecule has 60 heavy (non-hydrogen) atoms. The first kappa shape index (κ1) is 40.8. The molecule has 306 valence electrons. The second-order valence-corrected chi connectivity index (χ2v) is 17.1. The van der Waals surface area contributed by atoms with Crippen molar-refractivity contribution in [3.05, 3.63) is 156 Å². The molecular weight excluding hydrogens is 733 g/mol. The van der Waals surface area contributed by atoms with E-state index in [2.05, 4.69) is 199 Å². The topological polar surface area (TPSA) is 24.9 Å². The van der Waals surface area contributed by atoms with Gasteiger partial charge in [-0.3, -0.25) is 0 Å². The number of benzene rings is 8. The van der Waals surface area contributed by atoms with Gasteiger partial charge in [0.15, 0.2) is 0 Å². The molecule has 4 heteroatoms. The Labute approximate surface area is 357 Å². The number of rotatable bonds is 16. The van der Waals surface area contributed by atoms with E-state index in [1.165, 1.54) is 65.9 Å². The van der Waals surface area contributed by atoms with E-state index in [0.717, 1.165) is 72.8 Å². The van der Waals surface area contributed by atoms with Crippen molar-refractivity contribution in [2.24, 2.45) is 0 Å². The quantitative estimate of drug-likeness (QED) is 0.0910. The van der Waals surface area contributed by atoms with Gasteiger partial charge < -0.3 is 19.3 Å². The maximum absolute atomic E-state index is 6.12. The summed E-state index contributed by atoms with van der Waals surface area (Å²) in [5.41, 5.74) is 12.1. The van der Waals surface area contributed by atoms with Crippen LogP contribution < -0.4 is 19.3 Å². The normalized spacial score (nSPS) is 11.7. The van der Waals surface area contributed by atoms with Gasteiger partial charge in [-0.1, -0.05) is 86.3 Å². The van der Waals surface area contributed by atoms with Crippen LogP contribution in [-0.2, 0) is 12.8 Å². The zero-order valence-electron chi connectivity index (χ0n) is 36.8. The Bertz CT molecular complexity index is 2490. The number of unbranched alkanes of at least 4 members (excludes halogenated alkanes) is 2. The van der Waals surface area contributed by atoms with Crippen molar-refractivity contribution in [2.45, 2.75) is 106 Å². The maximum Gasteiger partial charge on any atom is 0.119 e. The van der Waals surface area contributed by atoms with E-state index >= 15 is 0 Å². The van der Waals surface area contributed by atoms with Crippen LogP contribution in [-0.4, -0.2) is 12.2 Å². The third kappa shape index (κ3) is 8.26. The zero-order chi connectivity index (χ0) is 41.9. The lowest BCUT2D eigenvalue weighted by Crippen LogP contribution is -2.13. The van der Waals surface area contributed by atoms with Crippen LogP contribution in [0.2, 0.25) is 0 Å². The van der Waals surface area contributed by atoms with E-state index in [4.69, 9.17) is 9.47 Å². The van der Waals surface area contributed by atoms with Gasteiger partial charge in [0.05, 0.1) is 23.6 Å². The molecule has 0 unspecified atom stereocenters. The molecule has 0 aliphatic rings. The second kappa shape index (κ2) is 17.7. The highest BCUT2D eigenvalue weighted by Gasteiger charge is 2.25. The molecule has 4 nitrogen and oxygen atoms in total. The number of nitrogens with zero attached hydrogens (tertiary/aromatic N) is 2. The van der Waals surface area contributed by atoms with Crippen molar-refractivity contribution in [1.29, 1.82) is 0 Å². The monoisotopic (exact) mass is 792 g/mol. The van der Waals surface area contributed by atoms with Gasteiger partial charge in [-0.25, -0.2) is 0 Å². The maximum atomic E-state index is 6.12. The lowest BCUT2D eigenvalue weighted by Gasteiger charge is -2.31. The molecule has 0 heterocycles. The second-order valence-electron chi connectivity index (χ2n) is 17.1. The third-order valence-corrected chi connectivity index (χ3v) is 11.6. The van der Waals surface area contributed by atoms with Crippen molar-refractivity contribution < 1.29 is 9.47 Å². The Morgan fingerprint density at radius 3 is 1.05 bits per heavy atom. The Balaban J connectivity index is 1.44. The Hall–Kier alpha value is -6.00. The lowest BCUT2D eigenvalue weighted by atomic mass is 9.86. The van der Waals surface area contributed by atoms with Crippen molar-refractivity contribution in [3.63, 3.8) is 0 Å². The molecule has 8 aromatic rings. The Kier molecular flexibility index (Phi) is 12.0. The van der Waals surface area contributed by atoms with E-state index in [1.54, 1.807) is 0 Å². The molecule has 0 atom stereocenters. The van der Waals surface area contributed by atoms with Crippen LogP contribution in [0.4, 0.5) is 34.1 Å². The molecule has 0 aliphatic heterocycles. The van der Waals surface area contributed by atoms with Crippen LogP contribution in [0.3, 0.4) is 0 Å². The summed E-state index contributed by atoms with van der Waals surface area (Å²) in [7, 11) is 0. The molecule has 0 bridgehead atoms. The molecule has 8 rings (SSSR count). The standard InChI is InChI=1S/C56H60N2O2/c1-9-11-13-41-35-53(57(43-19-15-39(7)16-20-43)45-23-27-47(28-24-45)59-37(3)4)51-34-32-50-42(14-12-10-2)36-54(52-33-31-49(41)55(51)56(50)52)58(44-21-17-40(8)18-22-44)46-25-29-48(30-26-46)60-38(5)6/h15-38H,9-14H2,1-8H3. The Morgan fingerprint density at radius 2 is 0.733 bits per heavy atom. The fraction of sp³-hybridized carbons (Fsp3) is 0.286. The van der Waals surface area contributed by atoms with E-state index < -0.39 is 0 Å². The predicted octanol–water partition coefficient (Wildman–Crippen LogP) is 16.4. The highest BCUT2D eigenvalue weighted by atomic mass is 16.5. The molecule has 0 saturated carbocycles. The van der Waals surface area contributed by atoms with Crippen LogP contribution in [0, 0.1) is 13.8 Å². The summed E-state index contributed by atoms with van der Waals surface area (Å²) in [4.78, 5) is 4.91. The van der Waals surface area contributed by atoms with Crippen molar-refractivity contribution in [2.75, 3.05) is 9.80 Å². The van der Waals surface area contributed by atoms with E-state index in [1.807, 2.05) is 0 Å². The lowest BCUT2D eigenvalue weighted by molar-refractivity contribution is 0.242. The number of hydrogen-bond donors (Lipinski definition) is 0. The van der Waals surface area contributed by atoms with Gasteiger partial charge in [0.1, 0.15) is 11.5 Å². The van der Waals surface area contributed by atoms with Gasteiger partial charge in [0.25, 0.3) is 0 Å². The predicted molar refractivity (Wildman–Crippen MR) is 258 cm³/mol. The van der Waals surface area contributed by atoms with E-state index in [9.17, 15) is 0 Å². The molecule has 0 radical (unpaired) electrons. The summed E-state index contributed by atoms with van der Waals surface area (Å²) in [6, 6.07) is 49.8. The first-order valence-corrected chi connectivity index (χ1v) is 22.2. The van der Waals surface area contributed by atoms with Crippen LogP contribution >= 0.6 is 0 Å². The molecule has 8 aromatic carbocycles. The summed E-state index contributed by atoms with van der Waals surface area (Å²) >= 11 is 0. The Morgan fingerprint density at radius 1 is 0.417 bits per heavy atom. The van der Waals surface area contributed by atoms with E-state index in [0.29, 0.717) is 0 Å². The SMILES string of the molecule is CCCCc1cc(N(c2ccc(C)cc2)c2ccc(OC(C)C)cc2)c2ccc3c(CCCC)cc(N(c4ccc(C)cc4)c4ccc(OC(C)C)cc4)c4ccc1c2c34. The summed E-state index contributed by atoms with van der Waals surface area (Å²) < 4.78 is 12.2. The van der Waals surface area contributed by atoms with Gasteiger partial charge in [-0.2, -0.15) is 0 Å². The first-order chi connectivity index (χ1) is 29.1. The molecule has 0 aromatic heterocycles. The minimum atomic E-state index is 0.107. The third-order valence-electron chi connectivity index (χ3n) is 11.6. The molecule has 0 spiro atoms. The number of anilines is 6. The van der Waals surface area contributed by atoms with Crippen molar-refractivity contribution in [1.82, 2.24) is 0 Å². The highest BCUT2D eigenvalue weighted by Crippen LogP contribution is 2.50. The smallest absolute Gasteiger partial charge is 0.119 e. The summed E-state index contributed by atoms with van der Waals surface area (Å²) in [6.45, 7) is 17.2. The number of ether oxygens (including phenoxy) is 2. The van der Waals surface area contributed by atoms with Gasteiger partial charge in [-0.05, 0) is 185 Å². The van der Waals surface area contributed by atoms with Gasteiger partial charge in [0.2, 0.25) is 0 Å². The number of hydrogen-bond acceptors (Lipinski definition) is 4. The first-order valence-electron chi connectivity index (χ1n) is 22.2. The van der Waals surface area contributed by atoms with Crippen LogP contribution in [0.1, 0.15) is 89.5 Å². The van der Waals surface area contributed by atoms with Crippen molar-refractivity contribution >= 4 is 66.4 Å². The van der Waals surface area contributed by atoms with Crippen LogP contribution in [0.5, 0.6) is 11.5 Å². The van der Waals surface area contributed by atoms with Gasteiger partial charge in [-0.15, -0.1) is 0 Å². The molecule has 0 aliphatic carbocycles. The summed E-state index contributed by atoms with van der Waals surface area (Å²) in [6.07, 6.45) is 6.75. The van der Waals surface area contributed by atoms with Crippen LogP contribution in [0.15, 0.2) is 133 Å². The molecule has 0 fully saturated rings. The fourth-order valence-electron chi connectivity index (χ4n) is 8.75. The van der Waals surface area contributed by atoms with Gasteiger partial charge >= 0.3 is 0 Å². The van der Waals surface area contributed by atoms with Crippen molar-refractivity contribution in [3.8, 4) is 11.5 Å². The average Bonchev–Trinajstić information content (AvgIpc) is 3.24. The minimum Gasteiger partial charge on any atom is -0.491 e. The highest BCUT2D eigenvalue weighted by molar-refractivity contribution is 6.29. The minimum absolute atomic E-state index is 0.107. The van der Waals surface area contributed by atoms with Gasteiger partial charge in [0, 0.05) is 33.5 Å². The zero-order valence-corrected chi connectivity index (χ0v) is 36.8.